The second kappa shape index (κ2) is 29.8. The standard InChI is InChI=1S/C10H13NO2S.C5H7N2.C4H4BrN2.C2HBr2.CH5BO2.3Y/c1-3-11-8-14(12,13)10-6-4-9(2)5-7-10;1-4-3-6-7-5(4)2;1-3-4(5)2-6-7-3;2*1-2(3)4;;;/h3-7H,8H2,1-2H3;1-2H3,(H,6,7);1H3,(H,6,7);1H;3-4H,1H3;;;/q;3*-1;;;;. The first-order valence-corrected chi connectivity index (χ1v) is 14.2. The van der Waals surface area contributed by atoms with Crippen molar-refractivity contribution in [2.24, 2.45) is 4.99 Å². The normalized spacial score (nSPS) is 9.10. The van der Waals surface area contributed by atoms with Gasteiger partial charge in [0.25, 0.3) is 0 Å². The Labute approximate surface area is 333 Å². The Balaban J connectivity index is -0.000000132. The number of hydrogen-bond acceptors (Lipinski definition) is 7. The van der Waals surface area contributed by atoms with Gasteiger partial charge in [0.15, 0.2) is 9.84 Å². The molecular formula is C22H30BBr3N5O4SY3-3. The average molecular weight is 978 g/mol. The van der Waals surface area contributed by atoms with Crippen LogP contribution in [0.2, 0.25) is 6.82 Å². The summed E-state index contributed by atoms with van der Waals surface area (Å²) in [5, 5.41) is 28.0. The van der Waals surface area contributed by atoms with Crippen molar-refractivity contribution >= 4 is 71.0 Å². The van der Waals surface area contributed by atoms with Gasteiger partial charge in [-0.1, -0.05) is 86.3 Å². The van der Waals surface area contributed by atoms with E-state index in [-0.39, 0.29) is 104 Å². The molecule has 17 heteroatoms. The topological polar surface area (TPSA) is 144 Å². The molecule has 2 aromatic heterocycles. The van der Waals surface area contributed by atoms with E-state index in [0.29, 0.717) is 8.29 Å². The summed E-state index contributed by atoms with van der Waals surface area (Å²) in [5.41, 5.74) is 4.25. The fourth-order valence-corrected chi connectivity index (χ4v) is 2.87. The molecule has 0 unspecified atom stereocenters. The van der Waals surface area contributed by atoms with E-state index in [1.165, 1.54) is 13.0 Å². The zero-order valence-electron chi connectivity index (χ0n) is 22.6. The number of aryl methyl sites for hydroxylation is 4. The summed E-state index contributed by atoms with van der Waals surface area (Å²) in [6, 6.07) is 6.77. The number of hydrogen-bond donors (Lipinski definition) is 4. The molecule has 0 saturated carbocycles. The van der Waals surface area contributed by atoms with Crippen LogP contribution >= 0.6 is 47.8 Å². The predicted molar refractivity (Wildman–Crippen MR) is 156 cm³/mol. The number of H-pyrrole nitrogens is 2. The third kappa shape index (κ3) is 31.0. The maximum atomic E-state index is 11.6. The van der Waals surface area contributed by atoms with E-state index in [0.717, 1.165) is 27.0 Å². The summed E-state index contributed by atoms with van der Waals surface area (Å²) in [5.74, 6) is -0.174. The van der Waals surface area contributed by atoms with E-state index in [9.17, 15) is 8.42 Å². The number of nitrogens with one attached hydrogen (secondary N) is 2. The molecule has 0 aliphatic carbocycles. The summed E-state index contributed by atoms with van der Waals surface area (Å²) in [7, 11) is -4.40. The molecule has 1 aromatic carbocycles. The smallest absolute Gasteiger partial charge is 0.448 e. The van der Waals surface area contributed by atoms with Crippen molar-refractivity contribution < 1.29 is 117 Å². The number of rotatable bonds is 3. The Bertz CT molecular complexity index is 1070. The van der Waals surface area contributed by atoms with Crippen LogP contribution in [-0.2, 0) is 108 Å². The molecule has 0 aliphatic heterocycles. The van der Waals surface area contributed by atoms with Gasteiger partial charge in [-0.15, -0.1) is 31.6 Å². The van der Waals surface area contributed by atoms with Gasteiger partial charge in [-0.2, -0.15) is 5.56 Å². The minimum absolute atomic E-state index is 0. The number of sulfone groups is 1. The quantitative estimate of drug-likeness (QED) is 0.164. The van der Waals surface area contributed by atoms with Gasteiger partial charge in [0.05, 0.1) is 4.90 Å². The minimum Gasteiger partial charge on any atom is -0.491 e. The molecular weight excluding hydrogens is 948 g/mol. The van der Waals surface area contributed by atoms with Crippen LogP contribution in [0.5, 0.6) is 0 Å². The average Bonchev–Trinajstić information content (AvgIpc) is 3.33. The van der Waals surface area contributed by atoms with E-state index in [2.05, 4.69) is 85.6 Å². The number of aromatic nitrogens is 4. The van der Waals surface area contributed by atoms with E-state index in [1.807, 2.05) is 27.7 Å². The molecule has 9 nitrogen and oxygen atoms in total. The molecule has 0 bridgehead atoms. The number of aliphatic imine (C=N–C) groups is 1. The van der Waals surface area contributed by atoms with Gasteiger partial charge < -0.3 is 37.0 Å². The van der Waals surface area contributed by atoms with E-state index in [1.54, 1.807) is 31.2 Å². The second-order valence-corrected chi connectivity index (χ2v) is 12.3. The van der Waals surface area contributed by atoms with Crippen molar-refractivity contribution in [2.45, 2.75) is 46.3 Å². The fraction of sp³-hybridized carbons (Fsp3) is 0.318. The maximum Gasteiger partial charge on any atom is 0.448 e. The molecule has 0 aliphatic rings. The number of nitrogens with zero attached hydrogens (tertiary/aromatic N) is 3. The SMILES string of the molecule is CB(O)O.CC=NCS(=O)(=O)c1ccc(C)cc1.Cc1[c-]n[nH]c1C.Cc1[nH]n[c-]c1Br.[CH-]=C(Br)Br.[Y].[Y].[Y]. The molecule has 0 saturated heterocycles. The Morgan fingerprint density at radius 1 is 1.03 bits per heavy atom. The predicted octanol–water partition coefficient (Wildman–Crippen LogP) is 5.06. The molecule has 209 valence electrons. The zero-order valence-corrected chi connectivity index (χ0v) is 36.7. The van der Waals surface area contributed by atoms with Crippen molar-refractivity contribution in [3.05, 3.63) is 73.6 Å². The Kier molecular flexibility index (Phi) is 38.5. The van der Waals surface area contributed by atoms with Crippen LogP contribution in [-0.4, -0.2) is 58.1 Å². The van der Waals surface area contributed by atoms with Crippen LogP contribution in [0.1, 0.15) is 29.4 Å². The third-order valence-corrected chi connectivity index (χ3v) is 5.78. The van der Waals surface area contributed by atoms with Gasteiger partial charge in [0.2, 0.25) is 0 Å². The molecule has 0 atom stereocenters. The van der Waals surface area contributed by atoms with Gasteiger partial charge in [-0.25, -0.2) is 8.42 Å². The summed E-state index contributed by atoms with van der Waals surface area (Å²) in [6.45, 7) is 15.6. The Hall–Kier alpha value is 1.74. The Morgan fingerprint density at radius 3 is 1.67 bits per heavy atom. The zero-order chi connectivity index (χ0) is 28.3. The first kappa shape index (κ1) is 50.4. The van der Waals surface area contributed by atoms with Gasteiger partial charge in [-0.05, 0) is 39.0 Å². The van der Waals surface area contributed by atoms with Crippen molar-refractivity contribution in [2.75, 3.05) is 5.88 Å². The van der Waals surface area contributed by atoms with E-state index < -0.39 is 17.0 Å². The molecule has 0 spiro atoms. The third-order valence-electron chi connectivity index (χ3n) is 3.52. The van der Waals surface area contributed by atoms with Crippen LogP contribution in [0.15, 0.2) is 42.0 Å². The molecule has 2 heterocycles. The summed E-state index contributed by atoms with van der Waals surface area (Å²) >= 11 is 8.98. The van der Waals surface area contributed by atoms with Crippen molar-refractivity contribution in [3.8, 4) is 0 Å². The first-order chi connectivity index (χ1) is 16.6. The van der Waals surface area contributed by atoms with Crippen molar-refractivity contribution in [1.29, 1.82) is 0 Å². The van der Waals surface area contributed by atoms with Gasteiger partial charge in [-0.3, -0.25) is 4.99 Å². The van der Waals surface area contributed by atoms with Crippen molar-refractivity contribution in [1.82, 2.24) is 20.4 Å². The second-order valence-electron chi connectivity index (χ2n) is 6.78. The van der Waals surface area contributed by atoms with Crippen LogP contribution in [0.4, 0.5) is 0 Å². The van der Waals surface area contributed by atoms with E-state index in [4.69, 9.17) is 16.6 Å². The van der Waals surface area contributed by atoms with Gasteiger partial charge in [0.1, 0.15) is 5.88 Å². The molecule has 0 fully saturated rings. The van der Waals surface area contributed by atoms with Crippen LogP contribution in [0, 0.1) is 46.7 Å². The summed E-state index contributed by atoms with van der Waals surface area (Å²) in [6.07, 6.45) is 6.93. The van der Waals surface area contributed by atoms with Crippen molar-refractivity contribution in [3.63, 3.8) is 0 Å². The molecule has 3 rings (SSSR count). The number of halogens is 3. The molecule has 3 radical (unpaired) electrons. The summed E-state index contributed by atoms with van der Waals surface area (Å²) in [4.78, 5) is 4.06. The number of benzene rings is 1. The molecule has 39 heavy (non-hydrogen) atoms. The van der Waals surface area contributed by atoms with Crippen LogP contribution in [0.25, 0.3) is 0 Å². The monoisotopic (exact) mass is 975 g/mol. The largest absolute Gasteiger partial charge is 0.491 e. The summed E-state index contributed by atoms with van der Waals surface area (Å²) < 4.78 is 24.6. The Morgan fingerprint density at radius 2 is 1.44 bits per heavy atom. The molecule has 4 N–H and O–H groups in total. The molecule has 0 amide bonds. The van der Waals surface area contributed by atoms with Gasteiger partial charge in [0, 0.05) is 98.1 Å². The maximum absolute atomic E-state index is 11.6. The number of aromatic amines is 2. The first-order valence-electron chi connectivity index (χ1n) is 10.1. The minimum atomic E-state index is -3.24. The fourth-order valence-electron chi connectivity index (χ4n) is 1.65. The van der Waals surface area contributed by atoms with Crippen LogP contribution in [0.3, 0.4) is 0 Å². The van der Waals surface area contributed by atoms with Gasteiger partial charge >= 0.3 is 7.12 Å². The van der Waals surface area contributed by atoms with Crippen LogP contribution < -0.4 is 0 Å². The van der Waals surface area contributed by atoms with E-state index >= 15 is 0 Å². The molecule has 3 aromatic rings.